The van der Waals surface area contributed by atoms with Crippen LogP contribution in [-0.4, -0.2) is 17.0 Å². The van der Waals surface area contributed by atoms with Gasteiger partial charge in [0.1, 0.15) is 0 Å². The molecule has 0 aromatic heterocycles. The van der Waals surface area contributed by atoms with Gasteiger partial charge in [0.25, 0.3) is 0 Å². The highest BCUT2D eigenvalue weighted by molar-refractivity contribution is 7.99. The van der Waals surface area contributed by atoms with Crippen molar-refractivity contribution >= 4 is 11.8 Å². The van der Waals surface area contributed by atoms with Crippen molar-refractivity contribution < 1.29 is 0 Å². The lowest BCUT2D eigenvalue weighted by atomic mass is 9.71. The SMILES string of the molecule is CCC(C)CSC1CC(C(C)(C)C)CCC1N. The van der Waals surface area contributed by atoms with Gasteiger partial charge in [-0.05, 0) is 42.3 Å². The summed E-state index contributed by atoms with van der Waals surface area (Å²) in [6.07, 6.45) is 5.16. The van der Waals surface area contributed by atoms with Crippen molar-refractivity contribution in [1.82, 2.24) is 0 Å². The molecule has 1 nitrogen and oxygen atoms in total. The highest BCUT2D eigenvalue weighted by Gasteiger charge is 2.34. The fourth-order valence-electron chi connectivity index (χ4n) is 2.54. The van der Waals surface area contributed by atoms with Crippen LogP contribution in [0.25, 0.3) is 0 Å². The average molecular weight is 257 g/mol. The Kier molecular flexibility index (Phi) is 5.85. The molecule has 4 atom stereocenters. The lowest BCUT2D eigenvalue weighted by Crippen LogP contribution is -2.41. The normalized spacial score (nSPS) is 32.5. The van der Waals surface area contributed by atoms with E-state index in [0.717, 1.165) is 11.8 Å². The third-order valence-electron chi connectivity index (χ3n) is 4.36. The highest BCUT2D eigenvalue weighted by Crippen LogP contribution is 2.41. The molecule has 0 spiro atoms. The minimum Gasteiger partial charge on any atom is -0.327 e. The Morgan fingerprint density at radius 2 is 1.94 bits per heavy atom. The first-order chi connectivity index (χ1) is 7.84. The Bertz CT molecular complexity index is 221. The van der Waals surface area contributed by atoms with Crippen molar-refractivity contribution in [2.24, 2.45) is 23.0 Å². The van der Waals surface area contributed by atoms with Gasteiger partial charge < -0.3 is 5.73 Å². The first-order valence-corrected chi connectivity index (χ1v) is 8.26. The van der Waals surface area contributed by atoms with Crippen molar-refractivity contribution in [2.45, 2.75) is 71.6 Å². The number of hydrogen-bond donors (Lipinski definition) is 1. The molecule has 0 aromatic rings. The molecule has 0 bridgehead atoms. The molecule has 102 valence electrons. The standard InChI is InChI=1S/C15H31NS/c1-6-11(2)10-17-14-9-12(15(3,4)5)7-8-13(14)16/h11-14H,6-10,16H2,1-5H3. The molecule has 17 heavy (non-hydrogen) atoms. The lowest BCUT2D eigenvalue weighted by Gasteiger charge is -2.40. The van der Waals surface area contributed by atoms with Crippen LogP contribution in [0, 0.1) is 17.3 Å². The summed E-state index contributed by atoms with van der Waals surface area (Å²) in [5, 5.41) is 0.696. The van der Waals surface area contributed by atoms with E-state index < -0.39 is 0 Å². The van der Waals surface area contributed by atoms with Gasteiger partial charge in [-0.3, -0.25) is 0 Å². The predicted molar refractivity (Wildman–Crippen MR) is 80.5 cm³/mol. The van der Waals surface area contributed by atoms with Gasteiger partial charge in [0.05, 0.1) is 0 Å². The van der Waals surface area contributed by atoms with Crippen LogP contribution in [0.5, 0.6) is 0 Å². The third kappa shape index (κ3) is 4.82. The Balaban J connectivity index is 2.46. The molecule has 0 radical (unpaired) electrons. The van der Waals surface area contributed by atoms with E-state index in [1.54, 1.807) is 0 Å². The Morgan fingerprint density at radius 1 is 1.29 bits per heavy atom. The van der Waals surface area contributed by atoms with E-state index in [2.05, 4.69) is 46.4 Å². The fraction of sp³-hybridized carbons (Fsp3) is 1.00. The molecule has 1 rings (SSSR count). The van der Waals surface area contributed by atoms with Crippen molar-refractivity contribution in [3.05, 3.63) is 0 Å². The maximum absolute atomic E-state index is 6.29. The average Bonchev–Trinajstić information content (AvgIpc) is 2.26. The summed E-state index contributed by atoms with van der Waals surface area (Å²) >= 11 is 2.13. The monoisotopic (exact) mass is 257 g/mol. The van der Waals surface area contributed by atoms with Crippen LogP contribution >= 0.6 is 11.8 Å². The van der Waals surface area contributed by atoms with E-state index in [0.29, 0.717) is 16.7 Å². The van der Waals surface area contributed by atoms with Crippen LogP contribution in [0.15, 0.2) is 0 Å². The van der Waals surface area contributed by atoms with Gasteiger partial charge >= 0.3 is 0 Å². The Labute approximate surface area is 112 Å². The van der Waals surface area contributed by atoms with Gasteiger partial charge in [-0.25, -0.2) is 0 Å². The van der Waals surface area contributed by atoms with Crippen LogP contribution in [0.2, 0.25) is 0 Å². The first kappa shape index (κ1) is 15.4. The van der Waals surface area contributed by atoms with Gasteiger partial charge in [0.15, 0.2) is 0 Å². The second kappa shape index (κ2) is 6.47. The highest BCUT2D eigenvalue weighted by atomic mass is 32.2. The molecule has 0 amide bonds. The summed E-state index contributed by atoms with van der Waals surface area (Å²) in [5.74, 6) is 2.98. The lowest BCUT2D eigenvalue weighted by molar-refractivity contribution is 0.174. The van der Waals surface area contributed by atoms with Gasteiger partial charge in [-0.2, -0.15) is 11.8 Å². The predicted octanol–water partition coefficient (Wildman–Crippen LogP) is 4.31. The maximum atomic E-state index is 6.29. The molecule has 0 aromatic carbocycles. The quantitative estimate of drug-likeness (QED) is 0.812. The molecule has 0 saturated heterocycles. The largest absolute Gasteiger partial charge is 0.327 e. The van der Waals surface area contributed by atoms with Crippen LogP contribution in [0.3, 0.4) is 0 Å². The summed E-state index contributed by atoms with van der Waals surface area (Å²) in [5.41, 5.74) is 6.75. The molecule has 0 heterocycles. The van der Waals surface area contributed by atoms with Crippen molar-refractivity contribution in [1.29, 1.82) is 0 Å². The summed E-state index contributed by atoms with van der Waals surface area (Å²) in [6, 6.07) is 0.433. The zero-order chi connectivity index (χ0) is 13.1. The number of nitrogens with two attached hydrogens (primary N) is 1. The second-order valence-corrected chi connectivity index (χ2v) is 8.20. The van der Waals surface area contributed by atoms with Gasteiger partial charge in [0.2, 0.25) is 0 Å². The molecule has 2 heteroatoms. The molecule has 1 aliphatic carbocycles. The zero-order valence-electron chi connectivity index (χ0n) is 12.3. The molecular formula is C15H31NS. The Hall–Kier alpha value is 0.310. The topological polar surface area (TPSA) is 26.0 Å². The first-order valence-electron chi connectivity index (χ1n) is 7.21. The number of hydrogen-bond acceptors (Lipinski definition) is 2. The van der Waals surface area contributed by atoms with E-state index in [-0.39, 0.29) is 0 Å². The second-order valence-electron chi connectivity index (χ2n) is 6.93. The summed E-state index contributed by atoms with van der Waals surface area (Å²) < 4.78 is 0. The third-order valence-corrected chi connectivity index (χ3v) is 6.09. The van der Waals surface area contributed by atoms with Gasteiger partial charge in [0, 0.05) is 11.3 Å². The van der Waals surface area contributed by atoms with Crippen LogP contribution < -0.4 is 5.73 Å². The van der Waals surface area contributed by atoms with Crippen molar-refractivity contribution in [2.75, 3.05) is 5.75 Å². The van der Waals surface area contributed by atoms with Crippen molar-refractivity contribution in [3.63, 3.8) is 0 Å². The zero-order valence-corrected chi connectivity index (χ0v) is 13.1. The maximum Gasteiger partial charge on any atom is 0.0201 e. The van der Waals surface area contributed by atoms with E-state index >= 15 is 0 Å². The smallest absolute Gasteiger partial charge is 0.0201 e. The van der Waals surface area contributed by atoms with Crippen molar-refractivity contribution in [3.8, 4) is 0 Å². The van der Waals surface area contributed by atoms with E-state index in [1.807, 2.05) is 0 Å². The summed E-state index contributed by atoms with van der Waals surface area (Å²) in [7, 11) is 0. The molecule has 4 unspecified atom stereocenters. The Morgan fingerprint density at radius 3 is 2.47 bits per heavy atom. The minimum absolute atomic E-state index is 0.433. The number of rotatable bonds is 4. The van der Waals surface area contributed by atoms with E-state index in [4.69, 9.17) is 5.73 Å². The summed E-state index contributed by atoms with van der Waals surface area (Å²) in [4.78, 5) is 0. The molecule has 1 aliphatic rings. The molecule has 1 saturated carbocycles. The van der Waals surface area contributed by atoms with Crippen LogP contribution in [0.1, 0.15) is 60.3 Å². The fourth-order valence-corrected chi connectivity index (χ4v) is 4.10. The van der Waals surface area contributed by atoms with E-state index in [9.17, 15) is 0 Å². The molecule has 1 fully saturated rings. The molecule has 2 N–H and O–H groups in total. The van der Waals surface area contributed by atoms with Gasteiger partial charge in [-0.15, -0.1) is 0 Å². The van der Waals surface area contributed by atoms with E-state index in [1.165, 1.54) is 31.4 Å². The van der Waals surface area contributed by atoms with Crippen LogP contribution in [0.4, 0.5) is 0 Å². The van der Waals surface area contributed by atoms with Crippen LogP contribution in [-0.2, 0) is 0 Å². The van der Waals surface area contributed by atoms with Gasteiger partial charge in [-0.1, -0.05) is 41.0 Å². The minimum atomic E-state index is 0.433. The molecular weight excluding hydrogens is 226 g/mol. The molecule has 0 aliphatic heterocycles. The summed E-state index contributed by atoms with van der Waals surface area (Å²) in [6.45, 7) is 11.8. The number of thioether (sulfide) groups is 1.